The average Bonchev–Trinajstić information content (AvgIpc) is 3.07. The van der Waals surface area contributed by atoms with Gasteiger partial charge in [0.1, 0.15) is 5.01 Å². The molecule has 1 heterocycles. The van der Waals surface area contributed by atoms with Crippen molar-refractivity contribution in [1.29, 1.82) is 0 Å². The van der Waals surface area contributed by atoms with Gasteiger partial charge in [-0.1, -0.05) is 25.0 Å². The van der Waals surface area contributed by atoms with Crippen molar-refractivity contribution in [2.75, 3.05) is 0 Å². The molecule has 1 aliphatic rings. The molecule has 120 valence electrons. The zero-order valence-electron chi connectivity index (χ0n) is 11.7. The summed E-state index contributed by atoms with van der Waals surface area (Å²) in [4.78, 5) is 4.48. The Kier molecular flexibility index (Phi) is 4.84. The zero-order chi connectivity index (χ0) is 15.1. The summed E-state index contributed by atoms with van der Waals surface area (Å²) >= 11 is 1.44. The summed E-state index contributed by atoms with van der Waals surface area (Å²) in [5.74, 6) is 0. The number of hydrogen-bond acceptors (Lipinski definition) is 3. The fourth-order valence-electron chi connectivity index (χ4n) is 2.71. The molecule has 0 amide bonds. The number of aromatic nitrogens is 1. The molecule has 0 atom stereocenters. The highest BCUT2D eigenvalue weighted by Gasteiger charge is 2.34. The van der Waals surface area contributed by atoms with Crippen LogP contribution in [0.4, 0.5) is 13.2 Å². The van der Waals surface area contributed by atoms with Crippen molar-refractivity contribution < 1.29 is 13.2 Å². The number of hydrogen-bond donors (Lipinski definition) is 1. The Balaban J connectivity index is 0.00000176. The number of benzene rings is 1. The first-order chi connectivity index (χ1) is 9.88. The van der Waals surface area contributed by atoms with Crippen LogP contribution in [0.1, 0.15) is 36.3 Å². The normalized spacial score (nSPS) is 17.3. The van der Waals surface area contributed by atoms with Crippen molar-refractivity contribution in [3.8, 4) is 11.3 Å². The number of thiazole rings is 1. The van der Waals surface area contributed by atoms with Gasteiger partial charge in [-0.2, -0.15) is 13.2 Å². The summed E-state index contributed by atoms with van der Waals surface area (Å²) in [6.45, 7) is 0. The number of rotatable bonds is 2. The van der Waals surface area contributed by atoms with Crippen LogP contribution in [-0.2, 0) is 11.7 Å². The number of nitrogens with two attached hydrogens (primary N) is 1. The third-order valence-corrected chi connectivity index (χ3v) is 4.97. The van der Waals surface area contributed by atoms with Crippen LogP contribution in [0.15, 0.2) is 29.6 Å². The monoisotopic (exact) mass is 348 g/mol. The molecule has 0 spiro atoms. The van der Waals surface area contributed by atoms with E-state index in [1.807, 2.05) is 0 Å². The Morgan fingerprint density at radius 2 is 1.86 bits per heavy atom. The third-order valence-electron chi connectivity index (χ3n) is 3.91. The van der Waals surface area contributed by atoms with Crippen molar-refractivity contribution in [3.63, 3.8) is 0 Å². The van der Waals surface area contributed by atoms with Crippen LogP contribution in [0, 0.1) is 0 Å². The van der Waals surface area contributed by atoms with E-state index in [-0.39, 0.29) is 12.4 Å². The van der Waals surface area contributed by atoms with E-state index in [2.05, 4.69) is 4.98 Å². The van der Waals surface area contributed by atoms with Crippen LogP contribution in [0.25, 0.3) is 11.3 Å². The van der Waals surface area contributed by atoms with Gasteiger partial charge in [-0.15, -0.1) is 23.7 Å². The predicted molar refractivity (Wildman–Crippen MR) is 84.1 cm³/mol. The lowest BCUT2D eigenvalue weighted by molar-refractivity contribution is -0.137. The van der Waals surface area contributed by atoms with E-state index in [0.29, 0.717) is 11.3 Å². The maximum atomic E-state index is 12.8. The summed E-state index contributed by atoms with van der Waals surface area (Å²) < 4.78 is 38.3. The van der Waals surface area contributed by atoms with Gasteiger partial charge in [0.2, 0.25) is 0 Å². The molecule has 0 saturated heterocycles. The highest BCUT2D eigenvalue weighted by atomic mass is 35.5. The molecule has 1 aliphatic carbocycles. The smallest absolute Gasteiger partial charge is 0.319 e. The van der Waals surface area contributed by atoms with E-state index in [4.69, 9.17) is 5.73 Å². The van der Waals surface area contributed by atoms with E-state index in [1.165, 1.54) is 17.4 Å². The summed E-state index contributed by atoms with van der Waals surface area (Å²) in [6.07, 6.45) is -0.398. The van der Waals surface area contributed by atoms with Gasteiger partial charge in [-0.05, 0) is 25.0 Å². The number of nitrogens with zero attached hydrogens (tertiary/aromatic N) is 1. The van der Waals surface area contributed by atoms with E-state index in [0.717, 1.165) is 42.8 Å². The highest BCUT2D eigenvalue weighted by molar-refractivity contribution is 7.10. The average molecular weight is 349 g/mol. The molecule has 0 bridgehead atoms. The van der Waals surface area contributed by atoms with Gasteiger partial charge in [-0.25, -0.2) is 4.98 Å². The minimum Gasteiger partial charge on any atom is -0.319 e. The Hall–Kier alpha value is -1.11. The Labute approximate surface area is 137 Å². The lowest BCUT2D eigenvalue weighted by Crippen LogP contribution is -2.32. The fourth-order valence-corrected chi connectivity index (χ4v) is 3.71. The second-order valence-electron chi connectivity index (χ2n) is 5.48. The van der Waals surface area contributed by atoms with Gasteiger partial charge < -0.3 is 5.73 Å². The van der Waals surface area contributed by atoms with Crippen LogP contribution < -0.4 is 5.73 Å². The van der Waals surface area contributed by atoms with Crippen molar-refractivity contribution in [2.45, 2.75) is 37.4 Å². The van der Waals surface area contributed by atoms with Crippen LogP contribution in [0.5, 0.6) is 0 Å². The Morgan fingerprint density at radius 1 is 1.18 bits per heavy atom. The van der Waals surface area contributed by atoms with Crippen LogP contribution >= 0.6 is 23.7 Å². The maximum absolute atomic E-state index is 12.8. The lowest BCUT2D eigenvalue weighted by Gasteiger charge is -2.19. The molecular weight excluding hydrogens is 333 g/mol. The second-order valence-corrected chi connectivity index (χ2v) is 6.34. The first-order valence-electron chi connectivity index (χ1n) is 6.81. The lowest BCUT2D eigenvalue weighted by atomic mass is 10.0. The molecule has 0 radical (unpaired) electrons. The second kappa shape index (κ2) is 6.18. The molecule has 7 heteroatoms. The summed E-state index contributed by atoms with van der Waals surface area (Å²) in [5, 5.41) is 2.62. The summed E-state index contributed by atoms with van der Waals surface area (Å²) in [6, 6.07) is 5.26. The topological polar surface area (TPSA) is 38.9 Å². The Morgan fingerprint density at radius 3 is 2.50 bits per heavy atom. The molecule has 1 saturated carbocycles. The van der Waals surface area contributed by atoms with Crippen molar-refractivity contribution >= 4 is 23.7 Å². The number of halogens is 4. The molecule has 0 unspecified atom stereocenters. The zero-order valence-corrected chi connectivity index (χ0v) is 13.3. The minimum atomic E-state index is -4.34. The van der Waals surface area contributed by atoms with Crippen LogP contribution in [0.2, 0.25) is 0 Å². The maximum Gasteiger partial charge on any atom is 0.416 e. The standard InChI is InChI=1S/C15H15F3N2S.ClH/c16-15(17,18)11-5-3-4-10(8-11)12-9-21-13(20-12)14(19)6-1-2-7-14;/h3-5,8-9H,1-2,6-7,19H2;1H. The highest BCUT2D eigenvalue weighted by Crippen LogP contribution is 2.39. The van der Waals surface area contributed by atoms with Gasteiger partial charge in [0, 0.05) is 10.9 Å². The van der Waals surface area contributed by atoms with Gasteiger partial charge in [-0.3, -0.25) is 0 Å². The fraction of sp³-hybridized carbons (Fsp3) is 0.400. The van der Waals surface area contributed by atoms with Crippen molar-refractivity contribution in [3.05, 3.63) is 40.2 Å². The van der Waals surface area contributed by atoms with Crippen molar-refractivity contribution in [2.24, 2.45) is 5.73 Å². The van der Waals surface area contributed by atoms with Crippen LogP contribution in [0.3, 0.4) is 0 Å². The van der Waals surface area contributed by atoms with E-state index < -0.39 is 17.3 Å². The molecule has 2 aromatic rings. The molecule has 3 rings (SSSR count). The summed E-state index contributed by atoms with van der Waals surface area (Å²) in [5.41, 5.74) is 6.33. The van der Waals surface area contributed by atoms with Crippen molar-refractivity contribution in [1.82, 2.24) is 4.98 Å². The molecule has 1 fully saturated rings. The van der Waals surface area contributed by atoms with Gasteiger partial charge in [0.05, 0.1) is 16.8 Å². The third kappa shape index (κ3) is 3.29. The van der Waals surface area contributed by atoms with Gasteiger partial charge >= 0.3 is 6.18 Å². The Bertz CT molecular complexity index is 648. The molecule has 1 aromatic carbocycles. The van der Waals surface area contributed by atoms with Crippen LogP contribution in [-0.4, -0.2) is 4.98 Å². The van der Waals surface area contributed by atoms with E-state index >= 15 is 0 Å². The summed E-state index contributed by atoms with van der Waals surface area (Å²) in [7, 11) is 0. The molecular formula is C15H16ClF3N2S. The first kappa shape index (κ1) is 17.2. The van der Waals surface area contributed by atoms with E-state index in [9.17, 15) is 13.2 Å². The largest absolute Gasteiger partial charge is 0.416 e. The molecule has 0 aliphatic heterocycles. The molecule has 1 aromatic heterocycles. The van der Waals surface area contributed by atoms with Gasteiger partial charge in [0.15, 0.2) is 0 Å². The predicted octanol–water partition coefficient (Wildman–Crippen LogP) is 4.98. The minimum absolute atomic E-state index is 0. The van der Waals surface area contributed by atoms with Gasteiger partial charge in [0.25, 0.3) is 0 Å². The van der Waals surface area contributed by atoms with E-state index in [1.54, 1.807) is 11.4 Å². The molecule has 22 heavy (non-hydrogen) atoms. The molecule has 2 nitrogen and oxygen atoms in total. The SMILES string of the molecule is Cl.NC1(c2nc(-c3cccc(C(F)(F)F)c3)cs2)CCCC1. The number of alkyl halides is 3. The quantitative estimate of drug-likeness (QED) is 0.831. The molecule has 2 N–H and O–H groups in total. The first-order valence-corrected chi connectivity index (χ1v) is 7.69.